The monoisotopic (exact) mass is 367 g/mol. The van der Waals surface area contributed by atoms with Gasteiger partial charge < -0.3 is 9.47 Å². The molecule has 0 spiro atoms. The lowest BCUT2D eigenvalue weighted by atomic mass is 10.2. The van der Waals surface area contributed by atoms with Gasteiger partial charge in [-0.25, -0.2) is 12.7 Å². The molecule has 0 aliphatic rings. The molecule has 0 aliphatic carbocycles. The number of rotatable bonds is 7. The first-order valence-electron chi connectivity index (χ1n) is 7.87. The number of ether oxygens (including phenoxy) is 2. The Bertz CT molecular complexity index is 736. The van der Waals surface area contributed by atoms with Crippen LogP contribution in [0.4, 0.5) is 0 Å². The first-order chi connectivity index (χ1) is 11.6. The van der Waals surface area contributed by atoms with Gasteiger partial charge in [0.2, 0.25) is 10.0 Å². The van der Waals surface area contributed by atoms with Gasteiger partial charge in [-0.05, 0) is 52.0 Å². The van der Waals surface area contributed by atoms with Crippen LogP contribution in [0.25, 0.3) is 0 Å². The minimum atomic E-state index is -3.68. The van der Waals surface area contributed by atoms with E-state index in [4.69, 9.17) is 9.47 Å². The Morgan fingerprint density at radius 2 is 1.80 bits per heavy atom. The molecule has 0 N–H and O–H groups in total. The highest BCUT2D eigenvalue weighted by Gasteiger charge is 2.23. The van der Waals surface area contributed by atoms with Crippen LogP contribution in [-0.4, -0.2) is 44.5 Å². The number of hydrogen-bond acceptors (Lipinski definition) is 5. The second-order valence-corrected chi connectivity index (χ2v) is 8.39. The largest absolute Gasteiger partial charge is 0.481 e. The summed E-state index contributed by atoms with van der Waals surface area (Å²) in [5.41, 5.74) is -0.591. The Balaban J connectivity index is 2.69. The Kier molecular flexibility index (Phi) is 7.46. The molecule has 1 rings (SSSR count). The highest BCUT2D eigenvalue weighted by Crippen LogP contribution is 2.19. The van der Waals surface area contributed by atoms with E-state index in [0.717, 1.165) is 4.31 Å². The Morgan fingerprint density at radius 1 is 1.20 bits per heavy atom. The molecule has 0 atom stereocenters. The number of carbonyl (C=O) groups excluding carboxylic acids is 1. The SMILES string of the molecule is CC#CCOc1ccc(S(=O)(=O)N(C)CCC(=O)OC(C)(C)C)cc1. The van der Waals surface area contributed by atoms with Crippen molar-refractivity contribution >= 4 is 16.0 Å². The Labute approximate surface area is 150 Å². The third kappa shape index (κ3) is 7.16. The highest BCUT2D eigenvalue weighted by atomic mass is 32.2. The molecule has 25 heavy (non-hydrogen) atoms. The molecule has 0 aliphatic heterocycles. The van der Waals surface area contributed by atoms with E-state index in [1.54, 1.807) is 39.8 Å². The fourth-order valence-electron chi connectivity index (χ4n) is 1.84. The van der Waals surface area contributed by atoms with E-state index >= 15 is 0 Å². The van der Waals surface area contributed by atoms with Gasteiger partial charge in [-0.1, -0.05) is 5.92 Å². The summed E-state index contributed by atoms with van der Waals surface area (Å²) in [5.74, 6) is 5.58. The lowest BCUT2D eigenvalue weighted by Crippen LogP contribution is -2.31. The normalized spacial score (nSPS) is 11.6. The molecule has 0 amide bonds. The van der Waals surface area contributed by atoms with Gasteiger partial charge in [0.05, 0.1) is 11.3 Å². The number of carbonyl (C=O) groups is 1. The molecule has 1 aromatic rings. The molecule has 6 nitrogen and oxygen atoms in total. The molecular weight excluding hydrogens is 342 g/mol. The summed E-state index contributed by atoms with van der Waals surface area (Å²) in [6.45, 7) is 7.30. The first kappa shape index (κ1) is 21.0. The molecule has 0 saturated carbocycles. The Hall–Kier alpha value is -2.04. The molecule has 0 saturated heterocycles. The second-order valence-electron chi connectivity index (χ2n) is 6.35. The summed E-state index contributed by atoms with van der Waals surface area (Å²) < 4.78 is 36.7. The zero-order valence-electron chi connectivity index (χ0n) is 15.3. The number of nitrogens with zero attached hydrogens (tertiary/aromatic N) is 1. The van der Waals surface area contributed by atoms with Gasteiger partial charge >= 0.3 is 5.97 Å². The van der Waals surface area contributed by atoms with Crippen LogP contribution in [0, 0.1) is 11.8 Å². The third-order valence-electron chi connectivity index (χ3n) is 3.07. The average molecular weight is 367 g/mol. The maximum Gasteiger partial charge on any atom is 0.307 e. The van der Waals surface area contributed by atoms with Crippen LogP contribution in [0.3, 0.4) is 0 Å². The van der Waals surface area contributed by atoms with Crippen molar-refractivity contribution < 1.29 is 22.7 Å². The molecule has 0 bridgehead atoms. The molecule has 0 unspecified atom stereocenters. The molecule has 1 aromatic carbocycles. The van der Waals surface area contributed by atoms with Gasteiger partial charge in [-0.3, -0.25) is 4.79 Å². The average Bonchev–Trinajstić information content (AvgIpc) is 2.51. The van der Waals surface area contributed by atoms with E-state index in [1.807, 2.05) is 0 Å². The van der Waals surface area contributed by atoms with E-state index in [0.29, 0.717) is 5.75 Å². The van der Waals surface area contributed by atoms with Crippen molar-refractivity contribution in [2.45, 2.75) is 44.6 Å². The molecule has 0 radical (unpaired) electrons. The summed E-state index contributed by atoms with van der Waals surface area (Å²) in [6, 6.07) is 6.08. The smallest absolute Gasteiger partial charge is 0.307 e. The van der Waals surface area contributed by atoms with Crippen molar-refractivity contribution in [1.29, 1.82) is 0 Å². The maximum atomic E-state index is 12.5. The number of esters is 1. The highest BCUT2D eigenvalue weighted by molar-refractivity contribution is 7.89. The molecular formula is C18H25NO5S. The minimum absolute atomic E-state index is 0.0100. The summed E-state index contributed by atoms with van der Waals surface area (Å²) in [4.78, 5) is 11.9. The van der Waals surface area contributed by atoms with Crippen LogP contribution in [0.2, 0.25) is 0 Å². The first-order valence-corrected chi connectivity index (χ1v) is 9.31. The van der Waals surface area contributed by atoms with Crippen molar-refractivity contribution in [1.82, 2.24) is 4.31 Å². The second kappa shape index (κ2) is 8.88. The fraction of sp³-hybridized carbons (Fsp3) is 0.500. The predicted octanol–water partition coefficient (Wildman–Crippen LogP) is 2.44. The molecule has 0 aromatic heterocycles. The van der Waals surface area contributed by atoms with E-state index in [2.05, 4.69) is 11.8 Å². The lowest BCUT2D eigenvalue weighted by molar-refractivity contribution is -0.154. The van der Waals surface area contributed by atoms with Crippen molar-refractivity contribution in [2.24, 2.45) is 0 Å². The van der Waals surface area contributed by atoms with Gasteiger partial charge in [0.15, 0.2) is 0 Å². The summed E-state index contributed by atoms with van der Waals surface area (Å²) in [5, 5.41) is 0. The molecule has 138 valence electrons. The zero-order chi connectivity index (χ0) is 19.1. The Morgan fingerprint density at radius 3 is 2.32 bits per heavy atom. The van der Waals surface area contributed by atoms with Crippen LogP contribution in [0.1, 0.15) is 34.1 Å². The van der Waals surface area contributed by atoms with Crippen LogP contribution in [-0.2, 0) is 19.6 Å². The van der Waals surface area contributed by atoms with Crippen LogP contribution < -0.4 is 4.74 Å². The van der Waals surface area contributed by atoms with Crippen LogP contribution >= 0.6 is 0 Å². The molecule has 0 heterocycles. The van der Waals surface area contributed by atoms with Gasteiger partial charge in [-0.2, -0.15) is 0 Å². The van der Waals surface area contributed by atoms with E-state index in [1.165, 1.54) is 19.2 Å². The van der Waals surface area contributed by atoms with Gasteiger partial charge in [0, 0.05) is 13.6 Å². The number of benzene rings is 1. The van der Waals surface area contributed by atoms with Gasteiger partial charge in [-0.15, -0.1) is 5.92 Å². The van der Waals surface area contributed by atoms with Gasteiger partial charge in [0.25, 0.3) is 0 Å². The van der Waals surface area contributed by atoms with Crippen molar-refractivity contribution in [2.75, 3.05) is 20.2 Å². The molecule has 0 fully saturated rings. The quantitative estimate of drug-likeness (QED) is 0.547. The van der Waals surface area contributed by atoms with E-state index in [-0.39, 0.29) is 24.5 Å². The van der Waals surface area contributed by atoms with Crippen LogP contribution in [0.5, 0.6) is 5.75 Å². The topological polar surface area (TPSA) is 72.9 Å². The lowest BCUT2D eigenvalue weighted by Gasteiger charge is -2.21. The zero-order valence-corrected chi connectivity index (χ0v) is 16.1. The third-order valence-corrected chi connectivity index (χ3v) is 4.94. The number of sulfonamides is 1. The van der Waals surface area contributed by atoms with Gasteiger partial charge in [0.1, 0.15) is 18.0 Å². The summed E-state index contributed by atoms with van der Waals surface area (Å²) in [6.07, 6.45) is -0.0100. The van der Waals surface area contributed by atoms with Crippen LogP contribution in [0.15, 0.2) is 29.2 Å². The fourth-order valence-corrected chi connectivity index (χ4v) is 3.01. The molecule has 7 heteroatoms. The predicted molar refractivity (Wildman–Crippen MR) is 95.7 cm³/mol. The standard InChI is InChI=1S/C18H25NO5S/c1-6-7-14-23-15-8-10-16(11-9-15)25(21,22)19(5)13-12-17(20)24-18(2,3)4/h8-11H,12-14H2,1-5H3. The summed E-state index contributed by atoms with van der Waals surface area (Å²) >= 11 is 0. The van der Waals surface area contributed by atoms with Crippen molar-refractivity contribution in [3.63, 3.8) is 0 Å². The van der Waals surface area contributed by atoms with Crippen molar-refractivity contribution in [3.05, 3.63) is 24.3 Å². The van der Waals surface area contributed by atoms with E-state index in [9.17, 15) is 13.2 Å². The maximum absolute atomic E-state index is 12.5. The number of hydrogen-bond donors (Lipinski definition) is 0. The minimum Gasteiger partial charge on any atom is -0.481 e. The summed E-state index contributed by atoms with van der Waals surface area (Å²) in [7, 11) is -2.25. The van der Waals surface area contributed by atoms with Crippen molar-refractivity contribution in [3.8, 4) is 17.6 Å². The van der Waals surface area contributed by atoms with E-state index < -0.39 is 21.6 Å².